The van der Waals surface area contributed by atoms with Gasteiger partial charge in [0.2, 0.25) is 0 Å². The van der Waals surface area contributed by atoms with Crippen LogP contribution >= 0.6 is 11.3 Å². The van der Waals surface area contributed by atoms with Crippen LogP contribution in [0.5, 0.6) is 0 Å². The highest BCUT2D eigenvalue weighted by atomic mass is 32.1. The second-order valence-electron chi connectivity index (χ2n) is 5.61. The summed E-state index contributed by atoms with van der Waals surface area (Å²) in [6.07, 6.45) is 1.90. The third-order valence-corrected chi connectivity index (χ3v) is 4.76. The Kier molecular flexibility index (Phi) is 3.46. The number of fused-ring (bicyclic) bond motifs is 1. The van der Waals surface area contributed by atoms with Crippen molar-refractivity contribution < 1.29 is 4.79 Å². The summed E-state index contributed by atoms with van der Waals surface area (Å²) < 4.78 is 2.20. The number of rotatable bonds is 2. The highest BCUT2D eigenvalue weighted by Crippen LogP contribution is 2.26. The molecular formula is C17H16N4OS. The van der Waals surface area contributed by atoms with E-state index in [-0.39, 0.29) is 5.91 Å². The van der Waals surface area contributed by atoms with Crippen molar-refractivity contribution in [1.82, 2.24) is 19.4 Å². The molecule has 3 aromatic rings. The summed E-state index contributed by atoms with van der Waals surface area (Å²) in [7, 11) is 0. The molecule has 1 aliphatic rings. The van der Waals surface area contributed by atoms with Gasteiger partial charge in [-0.3, -0.25) is 4.79 Å². The summed E-state index contributed by atoms with van der Waals surface area (Å²) in [6, 6.07) is 7.64. The van der Waals surface area contributed by atoms with Crippen LogP contribution in [0.4, 0.5) is 0 Å². The van der Waals surface area contributed by atoms with Gasteiger partial charge in [0.05, 0.1) is 18.4 Å². The van der Waals surface area contributed by atoms with Gasteiger partial charge in [0.25, 0.3) is 5.91 Å². The highest BCUT2D eigenvalue weighted by Gasteiger charge is 2.25. The standard InChI is InChI=1S/C17H16N4OS/c1-12-3-2-4-14(19-12)17(22)20-6-7-21-15(9-18-16(21)10-20)13-5-8-23-11-13/h2-5,8-9,11H,6-7,10H2,1H3. The normalized spacial score (nSPS) is 13.9. The molecule has 0 saturated carbocycles. The van der Waals surface area contributed by atoms with E-state index in [0.717, 1.165) is 23.8 Å². The van der Waals surface area contributed by atoms with Crippen LogP contribution < -0.4 is 0 Å². The number of aryl methyl sites for hydroxylation is 1. The van der Waals surface area contributed by atoms with E-state index in [2.05, 4.69) is 31.4 Å². The van der Waals surface area contributed by atoms with Crippen LogP contribution in [-0.4, -0.2) is 31.9 Å². The van der Waals surface area contributed by atoms with Crippen molar-refractivity contribution >= 4 is 17.2 Å². The van der Waals surface area contributed by atoms with Crippen LogP contribution in [0.25, 0.3) is 11.3 Å². The van der Waals surface area contributed by atoms with E-state index >= 15 is 0 Å². The lowest BCUT2D eigenvalue weighted by Crippen LogP contribution is -2.39. The molecule has 0 radical (unpaired) electrons. The van der Waals surface area contributed by atoms with Gasteiger partial charge < -0.3 is 9.47 Å². The van der Waals surface area contributed by atoms with Gasteiger partial charge in [-0.1, -0.05) is 6.07 Å². The Balaban J connectivity index is 1.59. The maximum atomic E-state index is 12.6. The molecule has 0 bridgehead atoms. The maximum Gasteiger partial charge on any atom is 0.272 e. The van der Waals surface area contributed by atoms with E-state index < -0.39 is 0 Å². The van der Waals surface area contributed by atoms with Crippen LogP contribution in [0.2, 0.25) is 0 Å². The van der Waals surface area contributed by atoms with Gasteiger partial charge in [-0.15, -0.1) is 0 Å². The van der Waals surface area contributed by atoms with E-state index in [0.29, 0.717) is 18.8 Å². The number of thiophene rings is 1. The lowest BCUT2D eigenvalue weighted by Gasteiger charge is -2.28. The Morgan fingerprint density at radius 2 is 2.17 bits per heavy atom. The summed E-state index contributed by atoms with van der Waals surface area (Å²) in [4.78, 5) is 23.3. The van der Waals surface area contributed by atoms with E-state index in [1.54, 1.807) is 17.4 Å². The molecular weight excluding hydrogens is 308 g/mol. The van der Waals surface area contributed by atoms with Gasteiger partial charge in [0.1, 0.15) is 11.5 Å². The molecule has 0 N–H and O–H groups in total. The van der Waals surface area contributed by atoms with Crippen LogP contribution in [0.15, 0.2) is 41.2 Å². The van der Waals surface area contributed by atoms with Gasteiger partial charge in [-0.05, 0) is 30.5 Å². The molecule has 3 aromatic heterocycles. The van der Waals surface area contributed by atoms with Crippen LogP contribution in [0, 0.1) is 6.92 Å². The highest BCUT2D eigenvalue weighted by molar-refractivity contribution is 7.08. The number of hydrogen-bond donors (Lipinski definition) is 0. The number of nitrogens with zero attached hydrogens (tertiary/aromatic N) is 4. The second kappa shape index (κ2) is 5.62. The molecule has 4 rings (SSSR count). The molecule has 0 atom stereocenters. The molecule has 5 nitrogen and oxygen atoms in total. The van der Waals surface area contributed by atoms with Gasteiger partial charge in [0.15, 0.2) is 0 Å². The van der Waals surface area contributed by atoms with Crippen molar-refractivity contribution in [3.63, 3.8) is 0 Å². The molecule has 0 aromatic carbocycles. The second-order valence-corrected chi connectivity index (χ2v) is 6.39. The van der Waals surface area contributed by atoms with Gasteiger partial charge in [0, 0.05) is 29.7 Å². The zero-order valence-electron chi connectivity index (χ0n) is 12.8. The van der Waals surface area contributed by atoms with Gasteiger partial charge >= 0.3 is 0 Å². The maximum absolute atomic E-state index is 12.6. The molecule has 0 spiro atoms. The fraction of sp³-hybridized carbons (Fsp3) is 0.235. The minimum Gasteiger partial charge on any atom is -0.328 e. The number of pyridine rings is 1. The number of amides is 1. The summed E-state index contributed by atoms with van der Waals surface area (Å²) in [5.41, 5.74) is 3.67. The topological polar surface area (TPSA) is 51.0 Å². The van der Waals surface area contributed by atoms with Crippen LogP contribution in [0.3, 0.4) is 0 Å². The van der Waals surface area contributed by atoms with Crippen LogP contribution in [-0.2, 0) is 13.1 Å². The molecule has 116 valence electrons. The van der Waals surface area contributed by atoms with E-state index in [1.165, 1.54) is 5.56 Å². The molecule has 0 aliphatic carbocycles. The Morgan fingerprint density at radius 1 is 1.26 bits per heavy atom. The summed E-state index contributed by atoms with van der Waals surface area (Å²) in [5.74, 6) is 0.901. The van der Waals surface area contributed by atoms with Crippen molar-refractivity contribution in [2.45, 2.75) is 20.0 Å². The first-order valence-electron chi connectivity index (χ1n) is 7.52. The first-order chi connectivity index (χ1) is 11.2. The Hall–Kier alpha value is -2.47. The Bertz CT molecular complexity index is 853. The van der Waals surface area contributed by atoms with E-state index in [9.17, 15) is 4.79 Å². The monoisotopic (exact) mass is 324 g/mol. The fourth-order valence-corrected chi connectivity index (χ4v) is 3.55. The molecule has 4 heterocycles. The summed E-state index contributed by atoms with van der Waals surface area (Å²) in [6.45, 7) is 3.86. The van der Waals surface area contributed by atoms with Crippen molar-refractivity contribution in [3.8, 4) is 11.3 Å². The Morgan fingerprint density at radius 3 is 2.96 bits per heavy atom. The largest absolute Gasteiger partial charge is 0.328 e. The first-order valence-corrected chi connectivity index (χ1v) is 8.46. The van der Waals surface area contributed by atoms with Crippen molar-refractivity contribution in [2.24, 2.45) is 0 Å². The number of carbonyl (C=O) groups excluding carboxylic acids is 1. The third kappa shape index (κ3) is 2.55. The number of carbonyl (C=O) groups is 1. The zero-order valence-corrected chi connectivity index (χ0v) is 13.6. The van der Waals surface area contributed by atoms with Crippen molar-refractivity contribution in [3.05, 3.63) is 58.4 Å². The fourth-order valence-electron chi connectivity index (χ4n) is 2.90. The minimum absolute atomic E-state index is 0.0277. The number of imidazole rings is 1. The molecule has 0 saturated heterocycles. The van der Waals surface area contributed by atoms with Gasteiger partial charge in [-0.25, -0.2) is 9.97 Å². The van der Waals surface area contributed by atoms with Crippen molar-refractivity contribution in [2.75, 3.05) is 6.54 Å². The smallest absolute Gasteiger partial charge is 0.272 e. The quantitative estimate of drug-likeness (QED) is 0.728. The molecule has 0 unspecified atom stereocenters. The molecule has 1 aliphatic heterocycles. The van der Waals surface area contributed by atoms with Gasteiger partial charge in [-0.2, -0.15) is 11.3 Å². The first kappa shape index (κ1) is 14.1. The number of hydrogen-bond acceptors (Lipinski definition) is 4. The molecule has 6 heteroatoms. The lowest BCUT2D eigenvalue weighted by atomic mass is 10.2. The molecule has 0 fully saturated rings. The third-order valence-electron chi connectivity index (χ3n) is 4.08. The van der Waals surface area contributed by atoms with E-state index in [1.807, 2.05) is 30.2 Å². The SMILES string of the molecule is Cc1cccc(C(=O)N2CCn3c(-c4ccsc4)cnc3C2)n1. The van der Waals surface area contributed by atoms with E-state index in [4.69, 9.17) is 0 Å². The van der Waals surface area contributed by atoms with Crippen molar-refractivity contribution in [1.29, 1.82) is 0 Å². The Labute approximate surface area is 138 Å². The molecule has 23 heavy (non-hydrogen) atoms. The zero-order chi connectivity index (χ0) is 15.8. The molecule has 1 amide bonds. The average Bonchev–Trinajstić information content (AvgIpc) is 3.22. The predicted octanol–water partition coefficient (Wildman–Crippen LogP) is 2.97. The minimum atomic E-state index is -0.0277. The lowest BCUT2D eigenvalue weighted by molar-refractivity contribution is 0.0702. The average molecular weight is 324 g/mol. The van der Waals surface area contributed by atoms with Crippen LogP contribution in [0.1, 0.15) is 22.0 Å². The summed E-state index contributed by atoms with van der Waals surface area (Å²) >= 11 is 1.68. The number of aromatic nitrogens is 3. The summed E-state index contributed by atoms with van der Waals surface area (Å²) in [5, 5.41) is 4.19. The predicted molar refractivity (Wildman–Crippen MR) is 89.3 cm³/mol.